The molecule has 0 unspecified atom stereocenters. The number of hydrogen-bond donors (Lipinski definition) is 1. The van der Waals surface area contributed by atoms with Crippen molar-refractivity contribution in [2.24, 2.45) is 0 Å². The summed E-state index contributed by atoms with van der Waals surface area (Å²) in [6.07, 6.45) is 2.53. The second kappa shape index (κ2) is 9.21. The van der Waals surface area contributed by atoms with Crippen LogP contribution in [0.15, 0.2) is 47.9 Å². The van der Waals surface area contributed by atoms with E-state index in [2.05, 4.69) is 30.5 Å². The van der Waals surface area contributed by atoms with Crippen LogP contribution in [0.1, 0.15) is 30.1 Å². The second-order valence-electron chi connectivity index (χ2n) is 8.60. The van der Waals surface area contributed by atoms with Crippen LogP contribution in [0.3, 0.4) is 0 Å². The molecule has 4 heterocycles. The van der Waals surface area contributed by atoms with E-state index in [4.69, 9.17) is 0 Å². The summed E-state index contributed by atoms with van der Waals surface area (Å²) in [5, 5.41) is 11.5. The summed E-state index contributed by atoms with van der Waals surface area (Å²) >= 11 is 0. The Bertz CT molecular complexity index is 1550. The Morgan fingerprint density at radius 1 is 1.05 bits per heavy atom. The van der Waals surface area contributed by atoms with E-state index in [0.29, 0.717) is 48.9 Å². The summed E-state index contributed by atoms with van der Waals surface area (Å²) in [7, 11) is -3.70. The molecule has 0 amide bonds. The first-order chi connectivity index (χ1) is 17.5. The molecule has 1 aromatic carbocycles. The number of aromatic nitrogens is 6. The van der Waals surface area contributed by atoms with Crippen LogP contribution >= 0.6 is 0 Å². The quantitative estimate of drug-likeness (QED) is 0.382. The maximum Gasteiger partial charge on any atom is 0.419 e. The largest absolute Gasteiger partial charge is 0.419 e. The predicted molar refractivity (Wildman–Crippen MR) is 125 cm³/mol. The molecule has 3 aromatic heterocycles. The Morgan fingerprint density at radius 2 is 1.76 bits per heavy atom. The van der Waals surface area contributed by atoms with Gasteiger partial charge < -0.3 is 10.2 Å². The number of fused-ring (bicyclic) bond motifs is 1. The molecule has 10 nitrogen and oxygen atoms in total. The lowest BCUT2D eigenvalue weighted by molar-refractivity contribution is -0.138. The van der Waals surface area contributed by atoms with Crippen molar-refractivity contribution < 1.29 is 26.0 Å². The lowest BCUT2D eigenvalue weighted by Gasteiger charge is -2.31. The van der Waals surface area contributed by atoms with E-state index in [1.165, 1.54) is 18.3 Å². The van der Waals surface area contributed by atoms with Crippen molar-refractivity contribution in [1.82, 2.24) is 29.5 Å². The lowest BCUT2D eigenvalue weighted by atomic mass is 9.96. The van der Waals surface area contributed by atoms with Crippen LogP contribution in [0.25, 0.3) is 5.65 Å². The van der Waals surface area contributed by atoms with Crippen LogP contribution in [-0.2, 0) is 16.0 Å². The third kappa shape index (κ3) is 5.03. The monoisotopic (exact) mass is 536 g/mol. The van der Waals surface area contributed by atoms with Gasteiger partial charge in [-0.05, 0) is 31.0 Å². The number of nitrogens with one attached hydrogen (secondary N) is 1. The molecular weight excluding hydrogens is 516 g/mol. The predicted octanol–water partition coefficient (Wildman–Crippen LogP) is 3.60. The zero-order chi connectivity index (χ0) is 26.4. The summed E-state index contributed by atoms with van der Waals surface area (Å²) in [5.41, 5.74) is -0.202. The summed E-state index contributed by atoms with van der Waals surface area (Å²) in [4.78, 5) is 13.4. The van der Waals surface area contributed by atoms with Gasteiger partial charge in [-0.2, -0.15) is 13.2 Å². The zero-order valence-electron chi connectivity index (χ0n) is 19.3. The number of alkyl halides is 3. The molecule has 0 bridgehead atoms. The highest BCUT2D eigenvalue weighted by Crippen LogP contribution is 2.32. The van der Waals surface area contributed by atoms with Gasteiger partial charge in [-0.25, -0.2) is 27.8 Å². The highest BCUT2D eigenvalue weighted by atomic mass is 32.2. The van der Waals surface area contributed by atoms with E-state index in [-0.39, 0.29) is 11.9 Å². The van der Waals surface area contributed by atoms with Gasteiger partial charge in [0.1, 0.15) is 16.5 Å². The van der Waals surface area contributed by atoms with Gasteiger partial charge in [0, 0.05) is 55.7 Å². The highest BCUT2D eigenvalue weighted by Gasteiger charge is 2.32. The zero-order valence-corrected chi connectivity index (χ0v) is 20.1. The number of rotatable bonds is 5. The fourth-order valence-electron chi connectivity index (χ4n) is 4.20. The average molecular weight is 537 g/mol. The van der Waals surface area contributed by atoms with Gasteiger partial charge in [0.05, 0.1) is 5.56 Å². The second-order valence-corrected chi connectivity index (χ2v) is 10.6. The number of piperidine rings is 1. The molecular formula is C22H20F4N8O2S. The Kier molecular flexibility index (Phi) is 6.17. The summed E-state index contributed by atoms with van der Waals surface area (Å²) in [6, 6.07) is 3.68. The van der Waals surface area contributed by atoms with Crippen molar-refractivity contribution in [2.75, 3.05) is 29.6 Å². The first-order valence-corrected chi connectivity index (χ1v) is 13.0. The molecule has 194 valence electrons. The minimum Gasteiger partial charge on any atom is -0.341 e. The highest BCUT2D eigenvalue weighted by molar-refractivity contribution is 7.90. The number of benzene rings is 1. The molecule has 0 saturated carbocycles. The van der Waals surface area contributed by atoms with Crippen molar-refractivity contribution in [3.63, 3.8) is 0 Å². The van der Waals surface area contributed by atoms with Crippen molar-refractivity contribution in [2.45, 2.75) is 29.8 Å². The summed E-state index contributed by atoms with van der Waals surface area (Å²) in [6.45, 7) is 1.04. The van der Waals surface area contributed by atoms with E-state index >= 15 is 0 Å². The van der Waals surface area contributed by atoms with Crippen LogP contribution in [-0.4, -0.2) is 57.3 Å². The van der Waals surface area contributed by atoms with E-state index in [0.717, 1.165) is 24.7 Å². The van der Waals surface area contributed by atoms with Crippen molar-refractivity contribution >= 4 is 32.9 Å². The van der Waals surface area contributed by atoms with E-state index in [1.807, 2.05) is 4.90 Å². The minimum absolute atomic E-state index is 0.0161. The fraction of sp³-hybridized carbons (Fsp3) is 0.318. The van der Waals surface area contributed by atoms with Crippen molar-refractivity contribution in [3.05, 3.63) is 60.2 Å². The van der Waals surface area contributed by atoms with E-state index < -0.39 is 32.3 Å². The van der Waals surface area contributed by atoms with E-state index in [9.17, 15) is 26.0 Å². The van der Waals surface area contributed by atoms with Gasteiger partial charge >= 0.3 is 6.18 Å². The number of nitrogens with zero attached hydrogens (tertiary/aromatic N) is 7. The topological polar surface area (TPSA) is 118 Å². The molecule has 1 N–H and O–H groups in total. The molecule has 1 saturated heterocycles. The molecule has 0 aliphatic carbocycles. The van der Waals surface area contributed by atoms with Crippen LogP contribution in [0.5, 0.6) is 0 Å². The van der Waals surface area contributed by atoms with Crippen LogP contribution in [0.2, 0.25) is 0 Å². The number of hydrogen-bond acceptors (Lipinski definition) is 9. The van der Waals surface area contributed by atoms with Crippen molar-refractivity contribution in [3.8, 4) is 0 Å². The molecule has 0 atom stereocenters. The third-order valence-corrected chi connectivity index (χ3v) is 7.19. The maximum atomic E-state index is 14.3. The molecule has 4 aromatic rings. The smallest absolute Gasteiger partial charge is 0.341 e. The summed E-state index contributed by atoms with van der Waals surface area (Å²) < 4.78 is 77.7. The van der Waals surface area contributed by atoms with Gasteiger partial charge in [-0.3, -0.25) is 4.40 Å². The van der Waals surface area contributed by atoms with Gasteiger partial charge in [-0.15, -0.1) is 10.2 Å². The molecule has 1 aliphatic rings. The van der Waals surface area contributed by atoms with Crippen LogP contribution in [0, 0.1) is 5.82 Å². The molecule has 1 aliphatic heterocycles. The normalized spacial score (nSPS) is 15.3. The van der Waals surface area contributed by atoms with Gasteiger partial charge in [0.25, 0.3) is 0 Å². The first kappa shape index (κ1) is 24.8. The third-order valence-electron chi connectivity index (χ3n) is 6.06. The number of halogens is 4. The lowest BCUT2D eigenvalue weighted by Crippen LogP contribution is -2.34. The standard InChI is InChI=1S/C22H20F4N8O2S/c1-37(35,36)17-3-2-15(10-16(17)23)30-18-20-32-31-19(34(20)9-6-27-18)13-4-7-33(8-5-13)21-28-11-14(12-29-21)22(24,25)26/h2-3,6,9-13H,4-5,7-8H2,1H3,(H,27,30). The van der Waals surface area contributed by atoms with Crippen LogP contribution < -0.4 is 10.2 Å². The molecule has 1 fully saturated rings. The number of sulfone groups is 1. The first-order valence-electron chi connectivity index (χ1n) is 11.1. The Labute approximate surface area is 208 Å². The molecule has 15 heteroatoms. The van der Waals surface area contributed by atoms with Crippen molar-refractivity contribution in [1.29, 1.82) is 0 Å². The van der Waals surface area contributed by atoms with Gasteiger partial charge in [0.2, 0.25) is 11.6 Å². The number of anilines is 3. The Balaban J connectivity index is 1.31. The fourth-order valence-corrected chi connectivity index (χ4v) is 4.92. The summed E-state index contributed by atoms with van der Waals surface area (Å²) in [5.74, 6) is 0.366. The Hall–Kier alpha value is -3.88. The minimum atomic E-state index is -4.49. The average Bonchev–Trinajstić information content (AvgIpc) is 3.28. The SMILES string of the molecule is CS(=O)(=O)c1ccc(Nc2nccn3c(C4CCN(c5ncc(C(F)(F)F)cn5)CC4)nnc23)cc1F. The Morgan fingerprint density at radius 3 is 2.38 bits per heavy atom. The molecule has 0 radical (unpaired) electrons. The maximum absolute atomic E-state index is 14.3. The van der Waals surface area contributed by atoms with Crippen LogP contribution in [0.4, 0.5) is 35.0 Å². The van der Waals surface area contributed by atoms with Gasteiger partial charge in [0.15, 0.2) is 15.7 Å². The van der Waals surface area contributed by atoms with E-state index in [1.54, 1.807) is 10.6 Å². The van der Waals surface area contributed by atoms with Gasteiger partial charge in [-0.1, -0.05) is 0 Å². The molecule has 37 heavy (non-hydrogen) atoms. The molecule has 0 spiro atoms. The molecule has 5 rings (SSSR count).